The molecule has 0 atom stereocenters. The van der Waals surface area contributed by atoms with E-state index >= 15 is 0 Å². The lowest BCUT2D eigenvalue weighted by atomic mass is 9.86. The normalized spacial score (nSPS) is 11.9. The van der Waals surface area contributed by atoms with Gasteiger partial charge in [-0.1, -0.05) is 20.8 Å². The van der Waals surface area contributed by atoms with Crippen LogP contribution in [0.25, 0.3) is 22.6 Å². The zero-order chi connectivity index (χ0) is 14.3. The molecule has 0 bridgehead atoms. The van der Waals surface area contributed by atoms with Gasteiger partial charge in [0.2, 0.25) is 5.89 Å². The lowest BCUT2D eigenvalue weighted by Gasteiger charge is -2.19. The van der Waals surface area contributed by atoms with Crippen LogP contribution in [0.3, 0.4) is 0 Å². The number of rotatable bonds is 1. The van der Waals surface area contributed by atoms with Gasteiger partial charge in [-0.15, -0.1) is 0 Å². The molecule has 102 valence electrons. The molecule has 2 heterocycles. The van der Waals surface area contributed by atoms with Gasteiger partial charge >= 0.3 is 0 Å². The molecule has 0 aliphatic rings. The zero-order valence-electron chi connectivity index (χ0n) is 11.8. The Hall–Kier alpha value is -2.36. The van der Waals surface area contributed by atoms with Crippen LogP contribution in [0.5, 0.6) is 0 Å². The van der Waals surface area contributed by atoms with Crippen molar-refractivity contribution in [2.45, 2.75) is 26.2 Å². The maximum absolute atomic E-state index is 6.10. The van der Waals surface area contributed by atoms with Gasteiger partial charge in [-0.2, -0.15) is 0 Å². The van der Waals surface area contributed by atoms with Crippen molar-refractivity contribution in [1.82, 2.24) is 9.97 Å². The van der Waals surface area contributed by atoms with Crippen LogP contribution in [-0.2, 0) is 5.41 Å². The zero-order valence-corrected chi connectivity index (χ0v) is 11.8. The highest BCUT2D eigenvalue weighted by molar-refractivity contribution is 5.87. The minimum Gasteiger partial charge on any atom is -0.434 e. The fourth-order valence-electron chi connectivity index (χ4n) is 2.11. The van der Waals surface area contributed by atoms with Crippen LogP contribution in [0.1, 0.15) is 26.3 Å². The monoisotopic (exact) mass is 267 g/mol. The van der Waals surface area contributed by atoms with E-state index in [1.165, 1.54) is 0 Å². The van der Waals surface area contributed by atoms with Gasteiger partial charge in [0.25, 0.3) is 0 Å². The first-order valence-corrected chi connectivity index (χ1v) is 6.56. The number of hydrogen-bond donors (Lipinski definition) is 1. The molecule has 4 nitrogen and oxygen atoms in total. The van der Waals surface area contributed by atoms with Crippen molar-refractivity contribution in [2.24, 2.45) is 0 Å². The Morgan fingerprint density at radius 3 is 2.45 bits per heavy atom. The Balaban J connectivity index is 2.19. The number of nitrogen functional groups attached to an aromatic ring is 1. The standard InChI is InChI=1S/C16H17N3O/c1-16(2,3)11-8-12(17)14-13(9-11)19-15(20-14)10-4-6-18-7-5-10/h4-9H,17H2,1-3H3. The molecule has 3 rings (SSSR count). The number of pyridine rings is 1. The van der Waals surface area contributed by atoms with Gasteiger partial charge in [-0.3, -0.25) is 4.98 Å². The maximum atomic E-state index is 6.10. The third-order valence-corrected chi connectivity index (χ3v) is 3.31. The summed E-state index contributed by atoms with van der Waals surface area (Å²) in [6, 6.07) is 7.74. The van der Waals surface area contributed by atoms with Crippen LogP contribution in [0.4, 0.5) is 5.69 Å². The minimum atomic E-state index is 0.0259. The van der Waals surface area contributed by atoms with Crippen molar-refractivity contribution in [3.05, 3.63) is 42.2 Å². The van der Waals surface area contributed by atoms with Crippen LogP contribution in [0.2, 0.25) is 0 Å². The average molecular weight is 267 g/mol. The van der Waals surface area contributed by atoms with Crippen molar-refractivity contribution >= 4 is 16.8 Å². The summed E-state index contributed by atoms with van der Waals surface area (Å²) in [6.07, 6.45) is 3.43. The van der Waals surface area contributed by atoms with Gasteiger partial charge in [0.15, 0.2) is 5.58 Å². The summed E-state index contributed by atoms with van der Waals surface area (Å²) in [5.74, 6) is 0.570. The molecule has 1 aromatic carbocycles. The number of nitrogens with zero attached hydrogens (tertiary/aromatic N) is 2. The Morgan fingerprint density at radius 1 is 1.10 bits per heavy atom. The molecule has 0 saturated carbocycles. The van der Waals surface area contributed by atoms with E-state index in [0.717, 1.165) is 16.6 Å². The van der Waals surface area contributed by atoms with E-state index in [2.05, 4.69) is 30.7 Å². The molecule has 4 heteroatoms. The van der Waals surface area contributed by atoms with Gasteiger partial charge in [0, 0.05) is 18.0 Å². The summed E-state index contributed by atoms with van der Waals surface area (Å²) >= 11 is 0. The fourth-order valence-corrected chi connectivity index (χ4v) is 2.11. The minimum absolute atomic E-state index is 0.0259. The van der Waals surface area contributed by atoms with Crippen LogP contribution >= 0.6 is 0 Å². The topological polar surface area (TPSA) is 64.9 Å². The molecule has 0 spiro atoms. The molecule has 0 unspecified atom stereocenters. The Kier molecular flexibility index (Phi) is 2.74. The lowest BCUT2D eigenvalue weighted by Crippen LogP contribution is -2.11. The molecule has 0 saturated heterocycles. The van der Waals surface area contributed by atoms with E-state index < -0.39 is 0 Å². The second-order valence-electron chi connectivity index (χ2n) is 5.92. The first kappa shape index (κ1) is 12.7. The van der Waals surface area contributed by atoms with Crippen molar-refractivity contribution in [1.29, 1.82) is 0 Å². The van der Waals surface area contributed by atoms with E-state index in [0.29, 0.717) is 17.2 Å². The second-order valence-corrected chi connectivity index (χ2v) is 5.92. The van der Waals surface area contributed by atoms with Gasteiger partial charge < -0.3 is 10.2 Å². The Bertz CT molecular complexity index is 754. The van der Waals surface area contributed by atoms with Gasteiger partial charge in [0.1, 0.15) is 5.52 Å². The van der Waals surface area contributed by atoms with E-state index in [-0.39, 0.29) is 5.41 Å². The van der Waals surface area contributed by atoms with Crippen LogP contribution in [-0.4, -0.2) is 9.97 Å². The molecule has 0 aliphatic heterocycles. The van der Waals surface area contributed by atoms with E-state index in [1.807, 2.05) is 24.3 Å². The van der Waals surface area contributed by atoms with Crippen molar-refractivity contribution in [3.63, 3.8) is 0 Å². The van der Waals surface area contributed by atoms with E-state index in [1.54, 1.807) is 12.4 Å². The summed E-state index contributed by atoms with van der Waals surface area (Å²) in [4.78, 5) is 8.54. The summed E-state index contributed by atoms with van der Waals surface area (Å²) in [5, 5.41) is 0. The second kappa shape index (κ2) is 4.34. The first-order valence-electron chi connectivity index (χ1n) is 6.56. The molecule has 2 aromatic heterocycles. The highest BCUT2D eigenvalue weighted by Crippen LogP contribution is 2.32. The van der Waals surface area contributed by atoms with Crippen LogP contribution in [0.15, 0.2) is 41.1 Å². The van der Waals surface area contributed by atoms with E-state index in [9.17, 15) is 0 Å². The quantitative estimate of drug-likeness (QED) is 0.682. The van der Waals surface area contributed by atoms with Crippen molar-refractivity contribution in [3.8, 4) is 11.5 Å². The number of fused-ring (bicyclic) bond motifs is 1. The number of aromatic nitrogens is 2. The molecule has 20 heavy (non-hydrogen) atoms. The number of oxazole rings is 1. The summed E-state index contributed by atoms with van der Waals surface area (Å²) < 4.78 is 5.79. The molecule has 2 N–H and O–H groups in total. The summed E-state index contributed by atoms with van der Waals surface area (Å²) in [5.41, 5.74) is 10.2. The Labute approximate surface area is 117 Å². The predicted molar refractivity (Wildman–Crippen MR) is 80.4 cm³/mol. The summed E-state index contributed by atoms with van der Waals surface area (Å²) in [7, 11) is 0. The van der Waals surface area contributed by atoms with E-state index in [4.69, 9.17) is 10.2 Å². The number of benzene rings is 1. The third-order valence-electron chi connectivity index (χ3n) is 3.31. The van der Waals surface area contributed by atoms with Gasteiger partial charge in [0.05, 0.1) is 5.69 Å². The third kappa shape index (κ3) is 2.13. The Morgan fingerprint density at radius 2 is 1.80 bits per heavy atom. The largest absolute Gasteiger partial charge is 0.434 e. The molecule has 3 aromatic rings. The molecular formula is C16H17N3O. The number of anilines is 1. The van der Waals surface area contributed by atoms with Crippen molar-refractivity contribution in [2.75, 3.05) is 5.73 Å². The van der Waals surface area contributed by atoms with Gasteiger partial charge in [-0.05, 0) is 35.2 Å². The molecule has 0 amide bonds. The number of hydrogen-bond acceptors (Lipinski definition) is 4. The average Bonchev–Trinajstić information content (AvgIpc) is 2.83. The molecule has 0 radical (unpaired) electrons. The molecule has 0 aliphatic carbocycles. The first-order chi connectivity index (χ1) is 9.45. The highest BCUT2D eigenvalue weighted by Gasteiger charge is 2.18. The molecular weight excluding hydrogens is 250 g/mol. The van der Waals surface area contributed by atoms with Crippen LogP contribution < -0.4 is 5.73 Å². The fraction of sp³-hybridized carbons (Fsp3) is 0.250. The smallest absolute Gasteiger partial charge is 0.227 e. The molecule has 0 fully saturated rings. The van der Waals surface area contributed by atoms with Crippen molar-refractivity contribution < 1.29 is 4.42 Å². The van der Waals surface area contributed by atoms with Gasteiger partial charge in [-0.25, -0.2) is 4.98 Å². The maximum Gasteiger partial charge on any atom is 0.227 e. The SMILES string of the molecule is CC(C)(C)c1cc(N)c2oc(-c3ccncc3)nc2c1. The highest BCUT2D eigenvalue weighted by atomic mass is 16.3. The summed E-state index contributed by atoms with van der Waals surface area (Å²) in [6.45, 7) is 6.45. The predicted octanol–water partition coefficient (Wildman–Crippen LogP) is 3.77. The van der Waals surface area contributed by atoms with Crippen LogP contribution in [0, 0.1) is 0 Å². The number of nitrogens with two attached hydrogens (primary N) is 1. The lowest BCUT2D eigenvalue weighted by molar-refractivity contribution is 0.590.